The molecule has 106 valence electrons. The van der Waals surface area contributed by atoms with Gasteiger partial charge in [0.1, 0.15) is 5.69 Å². The zero-order chi connectivity index (χ0) is 14.9. The molecule has 2 aromatic rings. The van der Waals surface area contributed by atoms with Crippen LogP contribution in [-0.4, -0.2) is 10.2 Å². The highest BCUT2D eigenvalue weighted by Crippen LogP contribution is 2.34. The summed E-state index contributed by atoms with van der Waals surface area (Å²) < 4.78 is 0. The van der Waals surface area contributed by atoms with Gasteiger partial charge in [-0.25, -0.2) is 0 Å². The lowest BCUT2D eigenvalue weighted by atomic mass is 9.91. The Kier molecular flexibility index (Phi) is 4.01. The lowest BCUT2D eigenvalue weighted by molar-refractivity contribution is 0.567. The molecule has 1 heterocycles. The molecule has 0 spiro atoms. The first-order valence-corrected chi connectivity index (χ1v) is 6.73. The molecule has 0 saturated carbocycles. The van der Waals surface area contributed by atoms with Crippen molar-refractivity contribution < 1.29 is 0 Å². The monoisotopic (exact) mass is 312 g/mol. The van der Waals surface area contributed by atoms with E-state index < -0.39 is 0 Å². The third-order valence-corrected chi connectivity index (χ3v) is 3.30. The standard InChI is InChI=1S/C13H14Cl2N4O/c1-13(2,3)11-10(12(20)19-18-11)17-16-9-7(14)5-4-6-8(9)15/h4-6H,1-3H3,(H2,18,19,20). The molecule has 0 saturated heterocycles. The van der Waals surface area contributed by atoms with E-state index in [1.165, 1.54) is 0 Å². The van der Waals surface area contributed by atoms with E-state index in [1.54, 1.807) is 18.2 Å². The molecule has 20 heavy (non-hydrogen) atoms. The molecule has 0 radical (unpaired) electrons. The Morgan fingerprint density at radius 2 is 1.55 bits per heavy atom. The van der Waals surface area contributed by atoms with Crippen molar-refractivity contribution in [2.45, 2.75) is 26.2 Å². The van der Waals surface area contributed by atoms with Crippen molar-refractivity contribution in [1.82, 2.24) is 10.2 Å². The van der Waals surface area contributed by atoms with Crippen LogP contribution >= 0.6 is 23.2 Å². The van der Waals surface area contributed by atoms with Gasteiger partial charge in [-0.1, -0.05) is 50.0 Å². The van der Waals surface area contributed by atoms with E-state index in [0.717, 1.165) is 0 Å². The molecule has 5 nitrogen and oxygen atoms in total. The molecule has 0 aliphatic rings. The number of hydrogen-bond acceptors (Lipinski definition) is 3. The zero-order valence-corrected chi connectivity index (χ0v) is 12.8. The summed E-state index contributed by atoms with van der Waals surface area (Å²) in [6, 6.07) is 5.04. The van der Waals surface area contributed by atoms with Crippen LogP contribution in [0.15, 0.2) is 33.2 Å². The second-order valence-electron chi connectivity index (χ2n) is 5.32. The highest BCUT2D eigenvalue weighted by atomic mass is 35.5. The SMILES string of the molecule is CC(C)(C)c1[nH][nH]c(=O)c1N=Nc1c(Cl)cccc1Cl. The van der Waals surface area contributed by atoms with E-state index in [0.29, 0.717) is 21.4 Å². The number of hydrogen-bond donors (Lipinski definition) is 2. The summed E-state index contributed by atoms with van der Waals surface area (Å²) in [7, 11) is 0. The predicted molar refractivity (Wildman–Crippen MR) is 80.8 cm³/mol. The van der Waals surface area contributed by atoms with Crippen molar-refractivity contribution >= 4 is 34.6 Å². The van der Waals surface area contributed by atoms with Gasteiger partial charge >= 0.3 is 0 Å². The van der Waals surface area contributed by atoms with Gasteiger partial charge < -0.3 is 0 Å². The number of rotatable bonds is 2. The molecule has 1 aromatic carbocycles. The Hall–Kier alpha value is -1.59. The van der Waals surface area contributed by atoms with Crippen LogP contribution in [0.5, 0.6) is 0 Å². The van der Waals surface area contributed by atoms with Crippen LogP contribution in [-0.2, 0) is 5.41 Å². The summed E-state index contributed by atoms with van der Waals surface area (Å²) in [5.74, 6) is 0. The fraction of sp³-hybridized carbons (Fsp3) is 0.308. The van der Waals surface area contributed by atoms with Crippen molar-refractivity contribution in [1.29, 1.82) is 0 Å². The van der Waals surface area contributed by atoms with E-state index in [9.17, 15) is 4.79 Å². The van der Waals surface area contributed by atoms with Crippen molar-refractivity contribution in [3.8, 4) is 0 Å². The smallest absolute Gasteiger partial charge is 0.292 e. The molecule has 0 unspecified atom stereocenters. The average Bonchev–Trinajstić information content (AvgIpc) is 2.70. The lowest BCUT2D eigenvalue weighted by Crippen LogP contribution is -2.12. The summed E-state index contributed by atoms with van der Waals surface area (Å²) >= 11 is 12.0. The lowest BCUT2D eigenvalue weighted by Gasteiger charge is -2.15. The number of nitrogens with zero attached hydrogens (tertiary/aromatic N) is 2. The number of aromatic nitrogens is 2. The van der Waals surface area contributed by atoms with Gasteiger partial charge in [-0.2, -0.15) is 0 Å². The first kappa shape index (κ1) is 14.8. The Bertz CT molecular complexity index is 690. The molecule has 0 amide bonds. The molecule has 0 aliphatic heterocycles. The van der Waals surface area contributed by atoms with E-state index in [2.05, 4.69) is 20.4 Å². The van der Waals surface area contributed by atoms with Crippen LogP contribution in [0.2, 0.25) is 10.0 Å². The van der Waals surface area contributed by atoms with Crippen LogP contribution in [0.4, 0.5) is 11.4 Å². The zero-order valence-electron chi connectivity index (χ0n) is 11.3. The van der Waals surface area contributed by atoms with Crippen molar-refractivity contribution in [2.75, 3.05) is 0 Å². The van der Waals surface area contributed by atoms with E-state index in [4.69, 9.17) is 23.2 Å². The minimum atomic E-state index is -0.332. The molecule has 0 bridgehead atoms. The van der Waals surface area contributed by atoms with Gasteiger partial charge in [0.2, 0.25) is 0 Å². The largest absolute Gasteiger partial charge is 0.299 e. The highest BCUT2D eigenvalue weighted by Gasteiger charge is 2.22. The van der Waals surface area contributed by atoms with Crippen LogP contribution in [0.1, 0.15) is 26.5 Å². The number of halogens is 2. The van der Waals surface area contributed by atoms with E-state index >= 15 is 0 Å². The summed E-state index contributed by atoms with van der Waals surface area (Å²) in [4.78, 5) is 11.8. The van der Waals surface area contributed by atoms with E-state index in [1.807, 2.05) is 20.8 Å². The normalized spacial score (nSPS) is 12.2. The molecular weight excluding hydrogens is 299 g/mol. The summed E-state index contributed by atoms with van der Waals surface area (Å²) in [5.41, 5.74) is 0.652. The van der Waals surface area contributed by atoms with Crippen molar-refractivity contribution in [3.05, 3.63) is 44.3 Å². The Labute approximate surface area is 126 Å². The second-order valence-corrected chi connectivity index (χ2v) is 6.14. The molecular formula is C13H14Cl2N4O. The fourth-order valence-electron chi connectivity index (χ4n) is 1.67. The molecule has 1 aromatic heterocycles. The molecule has 0 atom stereocenters. The second kappa shape index (κ2) is 5.42. The molecule has 2 rings (SSSR count). The number of H-pyrrole nitrogens is 2. The minimum Gasteiger partial charge on any atom is -0.299 e. The van der Waals surface area contributed by atoms with Gasteiger partial charge in [0.05, 0.1) is 15.7 Å². The van der Waals surface area contributed by atoms with Gasteiger partial charge in [-0.05, 0) is 12.1 Å². The fourth-order valence-corrected chi connectivity index (χ4v) is 2.15. The topological polar surface area (TPSA) is 73.4 Å². The third-order valence-electron chi connectivity index (χ3n) is 2.69. The minimum absolute atomic E-state index is 0.230. The molecule has 0 aliphatic carbocycles. The van der Waals surface area contributed by atoms with Crippen LogP contribution in [0.3, 0.4) is 0 Å². The van der Waals surface area contributed by atoms with Crippen LogP contribution < -0.4 is 5.56 Å². The molecule has 2 N–H and O–H groups in total. The quantitative estimate of drug-likeness (QED) is 0.773. The van der Waals surface area contributed by atoms with Crippen molar-refractivity contribution in [2.24, 2.45) is 10.2 Å². The number of benzene rings is 1. The summed E-state index contributed by atoms with van der Waals surface area (Å²) in [5, 5.41) is 14.1. The van der Waals surface area contributed by atoms with Crippen LogP contribution in [0.25, 0.3) is 0 Å². The third kappa shape index (κ3) is 2.94. The number of aromatic amines is 2. The number of nitrogens with one attached hydrogen (secondary N) is 2. The van der Waals surface area contributed by atoms with Gasteiger partial charge in [0.25, 0.3) is 5.56 Å². The maximum atomic E-state index is 11.8. The number of azo groups is 1. The first-order chi connectivity index (χ1) is 9.30. The predicted octanol–water partition coefficient (Wildman–Crippen LogP) is 4.72. The highest BCUT2D eigenvalue weighted by molar-refractivity contribution is 6.38. The molecule has 0 fully saturated rings. The maximum Gasteiger partial charge on any atom is 0.292 e. The first-order valence-electron chi connectivity index (χ1n) is 5.97. The van der Waals surface area contributed by atoms with Crippen LogP contribution in [0, 0.1) is 0 Å². The van der Waals surface area contributed by atoms with Gasteiger partial charge in [-0.15, -0.1) is 10.2 Å². The van der Waals surface area contributed by atoms with E-state index in [-0.39, 0.29) is 16.7 Å². The Morgan fingerprint density at radius 3 is 2.10 bits per heavy atom. The van der Waals surface area contributed by atoms with Gasteiger partial charge in [0, 0.05) is 5.41 Å². The maximum absolute atomic E-state index is 11.8. The average molecular weight is 313 g/mol. The Balaban J connectivity index is 2.48. The summed E-state index contributed by atoms with van der Waals surface area (Å²) in [6.45, 7) is 5.90. The van der Waals surface area contributed by atoms with Gasteiger partial charge in [-0.3, -0.25) is 15.0 Å². The van der Waals surface area contributed by atoms with Gasteiger partial charge in [0.15, 0.2) is 5.69 Å². The Morgan fingerprint density at radius 1 is 1.00 bits per heavy atom. The van der Waals surface area contributed by atoms with Crippen molar-refractivity contribution in [3.63, 3.8) is 0 Å². The summed E-state index contributed by atoms with van der Waals surface area (Å²) in [6.07, 6.45) is 0. The molecule has 7 heteroatoms.